The van der Waals surface area contributed by atoms with Crippen LogP contribution in [0.2, 0.25) is 0 Å². The zero-order valence-electron chi connectivity index (χ0n) is 14.3. The van der Waals surface area contributed by atoms with Crippen molar-refractivity contribution >= 4 is 10.9 Å². The molecule has 5 heteroatoms. The largest absolute Gasteiger partial charge is 0.385 e. The maximum absolute atomic E-state index is 13.2. The van der Waals surface area contributed by atoms with Crippen molar-refractivity contribution in [3.05, 3.63) is 52.6 Å². The fraction of sp³-hybridized carbons (Fsp3) is 0.474. The van der Waals surface area contributed by atoms with Crippen molar-refractivity contribution in [2.75, 3.05) is 5.01 Å². The van der Waals surface area contributed by atoms with E-state index < -0.39 is 11.5 Å². The van der Waals surface area contributed by atoms with E-state index in [1.165, 1.54) is 0 Å². The molecule has 1 N–H and O–H groups in total. The first kappa shape index (κ1) is 15.4. The molecule has 0 saturated carbocycles. The molecule has 126 valence electrons. The lowest BCUT2D eigenvalue weighted by atomic mass is 9.88. The first-order valence-electron chi connectivity index (χ1n) is 8.53. The summed E-state index contributed by atoms with van der Waals surface area (Å²) in [5, 5.41) is 13.6. The zero-order valence-corrected chi connectivity index (χ0v) is 14.3. The summed E-state index contributed by atoms with van der Waals surface area (Å²) in [7, 11) is 0. The lowest BCUT2D eigenvalue weighted by Crippen LogP contribution is -2.38. The Hall–Kier alpha value is -2.14. The number of hydrogen-bond acceptors (Lipinski definition) is 4. The van der Waals surface area contributed by atoms with Crippen LogP contribution in [-0.4, -0.2) is 26.9 Å². The van der Waals surface area contributed by atoms with Crippen LogP contribution in [0.25, 0.3) is 10.9 Å². The minimum atomic E-state index is -0.814. The molecule has 4 rings (SSSR count). The van der Waals surface area contributed by atoms with Crippen molar-refractivity contribution in [1.82, 2.24) is 9.66 Å². The smallest absolute Gasteiger partial charge is 0.280 e. The van der Waals surface area contributed by atoms with E-state index in [1.807, 2.05) is 39.0 Å². The molecule has 0 radical (unpaired) electrons. The lowest BCUT2D eigenvalue weighted by molar-refractivity contribution is 0.0511. The second-order valence-electron chi connectivity index (χ2n) is 7.83. The summed E-state index contributed by atoms with van der Waals surface area (Å²) in [5.74, 6) is 0.445. The van der Waals surface area contributed by atoms with Crippen LogP contribution < -0.4 is 10.6 Å². The quantitative estimate of drug-likeness (QED) is 0.681. The molecular formula is C19H23N3O2. The Morgan fingerprint density at radius 3 is 2.42 bits per heavy atom. The first-order valence-corrected chi connectivity index (χ1v) is 8.53. The number of benzene rings is 1. The molecule has 2 heterocycles. The van der Waals surface area contributed by atoms with Crippen LogP contribution in [0.3, 0.4) is 0 Å². The van der Waals surface area contributed by atoms with E-state index in [0.717, 1.165) is 12.8 Å². The van der Waals surface area contributed by atoms with Crippen molar-refractivity contribution in [3.63, 3.8) is 0 Å². The van der Waals surface area contributed by atoms with Gasteiger partial charge in [-0.15, -0.1) is 0 Å². The molecule has 24 heavy (non-hydrogen) atoms. The van der Waals surface area contributed by atoms with Gasteiger partial charge in [-0.05, 0) is 30.4 Å². The van der Waals surface area contributed by atoms with Crippen molar-refractivity contribution in [2.45, 2.75) is 51.8 Å². The van der Waals surface area contributed by atoms with Crippen molar-refractivity contribution < 1.29 is 5.11 Å². The monoisotopic (exact) mass is 325 g/mol. The summed E-state index contributed by atoms with van der Waals surface area (Å²) in [5.41, 5.74) is 0.150. The van der Waals surface area contributed by atoms with E-state index >= 15 is 0 Å². The highest BCUT2D eigenvalue weighted by Crippen LogP contribution is 2.38. The summed E-state index contributed by atoms with van der Waals surface area (Å²) in [6.45, 7) is 5.88. The molecule has 0 spiro atoms. The van der Waals surface area contributed by atoms with Gasteiger partial charge in [0, 0.05) is 0 Å². The third kappa shape index (κ3) is 2.26. The van der Waals surface area contributed by atoms with Crippen LogP contribution in [0.15, 0.2) is 41.2 Å². The number of para-hydroxylation sites is 1. The van der Waals surface area contributed by atoms with Crippen LogP contribution >= 0.6 is 0 Å². The number of hydrogen-bond donors (Lipinski definition) is 1. The van der Waals surface area contributed by atoms with Crippen LogP contribution in [0.4, 0.5) is 0 Å². The summed E-state index contributed by atoms with van der Waals surface area (Å²) in [6, 6.07) is 8.03. The van der Waals surface area contributed by atoms with Crippen LogP contribution in [0.5, 0.6) is 0 Å². The van der Waals surface area contributed by atoms with Crippen molar-refractivity contribution in [3.8, 4) is 0 Å². The normalized spacial score (nSPS) is 24.1. The topological polar surface area (TPSA) is 58.1 Å². The summed E-state index contributed by atoms with van der Waals surface area (Å²) in [4.78, 5) is 17.8. The fourth-order valence-electron chi connectivity index (χ4n) is 3.55. The molecule has 5 nitrogen and oxygen atoms in total. The Bertz CT molecular complexity index is 864. The summed E-state index contributed by atoms with van der Waals surface area (Å²) < 4.78 is 1.64. The summed E-state index contributed by atoms with van der Waals surface area (Å²) >= 11 is 0. The minimum Gasteiger partial charge on any atom is -0.385 e. The van der Waals surface area contributed by atoms with Gasteiger partial charge in [0.05, 0.1) is 23.0 Å². The molecule has 0 amide bonds. The van der Waals surface area contributed by atoms with E-state index in [-0.39, 0.29) is 5.56 Å². The second kappa shape index (κ2) is 5.18. The molecule has 3 atom stereocenters. The molecule has 1 fully saturated rings. The van der Waals surface area contributed by atoms with Crippen molar-refractivity contribution in [2.24, 2.45) is 5.41 Å². The second-order valence-corrected chi connectivity index (χ2v) is 7.83. The molecule has 1 aliphatic heterocycles. The lowest BCUT2D eigenvalue weighted by Gasteiger charge is -2.28. The van der Waals surface area contributed by atoms with Gasteiger partial charge in [0.15, 0.2) is 5.82 Å². The minimum absolute atomic E-state index is 0.0895. The summed E-state index contributed by atoms with van der Waals surface area (Å²) in [6.07, 6.45) is 5.40. The molecule has 2 aliphatic rings. The Morgan fingerprint density at radius 1 is 1.17 bits per heavy atom. The molecule has 0 unspecified atom stereocenters. The average Bonchev–Trinajstić information content (AvgIpc) is 3.27. The van der Waals surface area contributed by atoms with Gasteiger partial charge >= 0.3 is 0 Å². The highest BCUT2D eigenvalue weighted by atomic mass is 16.3. The first-order chi connectivity index (χ1) is 11.4. The number of aromatic nitrogens is 2. The highest BCUT2D eigenvalue weighted by molar-refractivity contribution is 5.77. The van der Waals surface area contributed by atoms with E-state index in [0.29, 0.717) is 28.8 Å². The number of aliphatic hydroxyl groups excluding tert-OH is 1. The van der Waals surface area contributed by atoms with Gasteiger partial charge in [-0.2, -0.15) is 0 Å². The van der Waals surface area contributed by atoms with E-state index in [9.17, 15) is 9.90 Å². The predicted molar refractivity (Wildman–Crippen MR) is 94.6 cm³/mol. The third-order valence-corrected chi connectivity index (χ3v) is 5.03. The maximum atomic E-state index is 13.2. The molecule has 1 aromatic heterocycles. The maximum Gasteiger partial charge on any atom is 0.280 e. The van der Waals surface area contributed by atoms with Gasteiger partial charge in [-0.25, -0.2) is 9.66 Å². The van der Waals surface area contributed by atoms with Gasteiger partial charge in [-0.3, -0.25) is 9.80 Å². The van der Waals surface area contributed by atoms with Gasteiger partial charge in [-0.1, -0.05) is 45.1 Å². The molecule has 1 saturated heterocycles. The molecule has 1 aliphatic carbocycles. The Kier molecular flexibility index (Phi) is 3.32. The predicted octanol–water partition coefficient (Wildman–Crippen LogP) is 2.51. The Labute approximate surface area is 141 Å². The molecular weight excluding hydrogens is 302 g/mol. The van der Waals surface area contributed by atoms with Gasteiger partial charge in [0.1, 0.15) is 6.10 Å². The van der Waals surface area contributed by atoms with Crippen molar-refractivity contribution in [1.29, 1.82) is 0 Å². The fourth-order valence-corrected chi connectivity index (χ4v) is 3.55. The molecule has 2 aromatic rings. The van der Waals surface area contributed by atoms with E-state index in [4.69, 9.17) is 0 Å². The number of nitrogens with zero attached hydrogens (tertiary/aromatic N) is 3. The SMILES string of the molecule is CC(C)(C)[C@H](O)c1nc2ccccc2c(=O)n1N1[C@@H]2CC=CC[C@@H]21. The Balaban J connectivity index is 1.93. The number of fused-ring (bicyclic) bond motifs is 2. The number of aliphatic hydroxyl groups is 1. The standard InChI is InChI=1S/C19H23N3O2/c1-19(2,3)16(23)17-20-13-9-5-4-8-12(13)18(24)22(17)21-14-10-6-7-11-15(14)21/h4-9,14-16,23H,10-11H2,1-3H3/t14-,15+,16-,21?/m1/s1. The van der Waals surface area contributed by atoms with Crippen LogP contribution in [0, 0.1) is 5.41 Å². The molecule has 1 aromatic carbocycles. The molecule has 0 bridgehead atoms. The zero-order chi connectivity index (χ0) is 17.1. The van der Waals surface area contributed by atoms with Gasteiger partial charge in [0.2, 0.25) is 0 Å². The average molecular weight is 325 g/mol. The highest BCUT2D eigenvalue weighted by Gasteiger charge is 2.50. The van der Waals surface area contributed by atoms with Crippen LogP contribution in [0.1, 0.15) is 45.5 Å². The Morgan fingerprint density at radius 2 is 1.79 bits per heavy atom. The van der Waals surface area contributed by atoms with E-state index in [1.54, 1.807) is 10.7 Å². The third-order valence-electron chi connectivity index (χ3n) is 5.03. The van der Waals surface area contributed by atoms with Gasteiger partial charge in [0.25, 0.3) is 5.56 Å². The van der Waals surface area contributed by atoms with Crippen LogP contribution in [-0.2, 0) is 0 Å². The van der Waals surface area contributed by atoms with Gasteiger partial charge < -0.3 is 5.11 Å². The van der Waals surface area contributed by atoms with E-state index in [2.05, 4.69) is 22.1 Å². The number of rotatable bonds is 2.